The molecule has 0 saturated heterocycles. The monoisotopic (exact) mass is 316 g/mol. The molecule has 1 aromatic rings. The molecule has 1 saturated carbocycles. The van der Waals surface area contributed by atoms with Crippen molar-refractivity contribution >= 4 is 11.8 Å². The van der Waals surface area contributed by atoms with Gasteiger partial charge in [0.2, 0.25) is 0 Å². The Labute approximate surface area is 139 Å². The zero-order chi connectivity index (χ0) is 16.7. The molecule has 2 N–H and O–H groups in total. The lowest BCUT2D eigenvalue weighted by molar-refractivity contribution is 0.0923. The van der Waals surface area contributed by atoms with Crippen molar-refractivity contribution in [1.29, 1.82) is 0 Å². The van der Waals surface area contributed by atoms with Crippen LogP contribution in [0.1, 0.15) is 79.5 Å². The lowest BCUT2D eigenvalue weighted by Gasteiger charge is -2.16. The van der Waals surface area contributed by atoms with Gasteiger partial charge in [-0.15, -0.1) is 0 Å². The first kappa shape index (κ1) is 17.5. The average molecular weight is 316 g/mol. The molecule has 4 heteroatoms. The second-order valence-electron chi connectivity index (χ2n) is 6.52. The van der Waals surface area contributed by atoms with Gasteiger partial charge in [-0.1, -0.05) is 32.6 Å². The second-order valence-corrected chi connectivity index (χ2v) is 6.52. The van der Waals surface area contributed by atoms with Crippen LogP contribution in [-0.2, 0) is 0 Å². The molecule has 1 atom stereocenters. The quantitative estimate of drug-likeness (QED) is 0.814. The maximum atomic E-state index is 12.3. The molecule has 0 aromatic heterocycles. The second kappa shape index (κ2) is 8.70. The van der Waals surface area contributed by atoms with E-state index in [1.807, 2.05) is 13.8 Å². The minimum absolute atomic E-state index is 0.0363. The predicted octanol–water partition coefficient (Wildman–Crippen LogP) is 3.67. The molecule has 0 bridgehead atoms. The fourth-order valence-electron chi connectivity index (χ4n) is 2.87. The van der Waals surface area contributed by atoms with Crippen molar-refractivity contribution in [2.24, 2.45) is 0 Å². The number of hydrogen-bond acceptors (Lipinski definition) is 2. The third-order valence-electron chi connectivity index (χ3n) is 4.59. The Kier molecular flexibility index (Phi) is 6.63. The van der Waals surface area contributed by atoms with E-state index in [1.54, 1.807) is 24.3 Å². The van der Waals surface area contributed by atoms with Crippen molar-refractivity contribution in [3.63, 3.8) is 0 Å². The zero-order valence-corrected chi connectivity index (χ0v) is 14.2. The van der Waals surface area contributed by atoms with Crippen LogP contribution in [0.25, 0.3) is 0 Å². The van der Waals surface area contributed by atoms with Gasteiger partial charge in [0.05, 0.1) is 0 Å². The number of carbonyl (C=O) groups excluding carboxylic acids is 2. The molecule has 1 fully saturated rings. The zero-order valence-electron chi connectivity index (χ0n) is 14.2. The molecule has 2 rings (SSSR count). The van der Waals surface area contributed by atoms with Crippen LogP contribution in [-0.4, -0.2) is 23.9 Å². The van der Waals surface area contributed by atoms with Crippen LogP contribution in [0.15, 0.2) is 24.3 Å². The van der Waals surface area contributed by atoms with Crippen molar-refractivity contribution in [3.05, 3.63) is 35.4 Å². The molecule has 1 aliphatic carbocycles. The molecule has 2 amide bonds. The van der Waals surface area contributed by atoms with Crippen molar-refractivity contribution in [1.82, 2.24) is 10.6 Å². The van der Waals surface area contributed by atoms with Crippen molar-refractivity contribution in [2.75, 3.05) is 0 Å². The highest BCUT2D eigenvalue weighted by molar-refractivity contribution is 5.98. The Hall–Kier alpha value is -1.84. The standard InChI is InChI=1S/C19H28N2O2/c1-3-14(2)20-18(22)15-10-12-16(13-11-15)19(23)21-17-8-6-4-5-7-9-17/h10-14,17H,3-9H2,1-2H3,(H,20,22)(H,21,23). The number of benzene rings is 1. The molecule has 1 aliphatic rings. The molecular formula is C19H28N2O2. The van der Waals surface area contributed by atoms with E-state index in [0.29, 0.717) is 17.2 Å². The summed E-state index contributed by atoms with van der Waals surface area (Å²) in [6.07, 6.45) is 7.97. The molecule has 4 nitrogen and oxygen atoms in total. The predicted molar refractivity (Wildman–Crippen MR) is 92.6 cm³/mol. The molecule has 23 heavy (non-hydrogen) atoms. The van der Waals surface area contributed by atoms with E-state index in [9.17, 15) is 9.59 Å². The van der Waals surface area contributed by atoms with Gasteiger partial charge < -0.3 is 10.6 Å². The number of hydrogen-bond donors (Lipinski definition) is 2. The van der Waals surface area contributed by atoms with E-state index >= 15 is 0 Å². The number of rotatable bonds is 5. The lowest BCUT2D eigenvalue weighted by atomic mass is 10.1. The van der Waals surface area contributed by atoms with Crippen LogP contribution in [0.3, 0.4) is 0 Å². The Morgan fingerprint density at radius 2 is 1.52 bits per heavy atom. The third-order valence-corrected chi connectivity index (χ3v) is 4.59. The van der Waals surface area contributed by atoms with Gasteiger partial charge in [-0.2, -0.15) is 0 Å². The summed E-state index contributed by atoms with van der Waals surface area (Å²) >= 11 is 0. The van der Waals surface area contributed by atoms with Gasteiger partial charge in [0.1, 0.15) is 0 Å². The lowest BCUT2D eigenvalue weighted by Crippen LogP contribution is -2.34. The largest absolute Gasteiger partial charge is 0.350 e. The van der Waals surface area contributed by atoms with Gasteiger partial charge >= 0.3 is 0 Å². The van der Waals surface area contributed by atoms with Crippen LogP contribution in [0.2, 0.25) is 0 Å². The van der Waals surface area contributed by atoms with Gasteiger partial charge in [-0.05, 0) is 50.5 Å². The van der Waals surface area contributed by atoms with Crippen molar-refractivity contribution < 1.29 is 9.59 Å². The molecule has 0 aliphatic heterocycles. The Balaban J connectivity index is 1.92. The summed E-state index contributed by atoms with van der Waals surface area (Å²) in [4.78, 5) is 24.4. The molecule has 1 aromatic carbocycles. The summed E-state index contributed by atoms with van der Waals surface area (Å²) < 4.78 is 0. The van der Waals surface area contributed by atoms with E-state index in [2.05, 4.69) is 10.6 Å². The minimum atomic E-state index is -0.0879. The highest BCUT2D eigenvalue weighted by atomic mass is 16.2. The van der Waals surface area contributed by atoms with E-state index in [0.717, 1.165) is 19.3 Å². The van der Waals surface area contributed by atoms with E-state index < -0.39 is 0 Å². The van der Waals surface area contributed by atoms with Crippen LogP contribution < -0.4 is 10.6 Å². The first-order chi connectivity index (χ1) is 11.1. The van der Waals surface area contributed by atoms with E-state index in [4.69, 9.17) is 0 Å². The Morgan fingerprint density at radius 3 is 2.04 bits per heavy atom. The average Bonchev–Trinajstić information content (AvgIpc) is 2.83. The molecule has 126 valence electrons. The summed E-state index contributed by atoms with van der Waals surface area (Å²) in [7, 11) is 0. The molecular weight excluding hydrogens is 288 g/mol. The summed E-state index contributed by atoms with van der Waals surface area (Å²) in [5, 5.41) is 6.05. The summed E-state index contributed by atoms with van der Waals surface area (Å²) in [6.45, 7) is 4.01. The van der Waals surface area contributed by atoms with Crippen molar-refractivity contribution in [2.45, 2.75) is 70.9 Å². The first-order valence-electron chi connectivity index (χ1n) is 8.82. The normalized spacial score (nSPS) is 17.1. The number of carbonyl (C=O) groups is 2. The van der Waals surface area contributed by atoms with Gasteiger partial charge in [0.25, 0.3) is 11.8 Å². The summed E-state index contributed by atoms with van der Waals surface area (Å²) in [5.41, 5.74) is 1.21. The van der Waals surface area contributed by atoms with Crippen molar-refractivity contribution in [3.8, 4) is 0 Å². The maximum Gasteiger partial charge on any atom is 0.251 e. The van der Waals surface area contributed by atoms with Gasteiger partial charge in [0.15, 0.2) is 0 Å². The highest BCUT2D eigenvalue weighted by Gasteiger charge is 2.16. The van der Waals surface area contributed by atoms with E-state index in [1.165, 1.54) is 25.7 Å². The van der Waals surface area contributed by atoms with Gasteiger partial charge in [-0.3, -0.25) is 9.59 Å². The van der Waals surface area contributed by atoms with Crippen LogP contribution >= 0.6 is 0 Å². The number of nitrogens with one attached hydrogen (secondary N) is 2. The van der Waals surface area contributed by atoms with Gasteiger partial charge in [0, 0.05) is 23.2 Å². The molecule has 1 unspecified atom stereocenters. The fourth-order valence-corrected chi connectivity index (χ4v) is 2.87. The first-order valence-corrected chi connectivity index (χ1v) is 8.82. The molecule has 0 heterocycles. The van der Waals surface area contributed by atoms with Crippen LogP contribution in [0, 0.1) is 0 Å². The summed E-state index contributed by atoms with van der Waals surface area (Å²) in [6, 6.07) is 7.35. The third kappa shape index (κ3) is 5.38. The SMILES string of the molecule is CCC(C)NC(=O)c1ccc(C(=O)NC2CCCCCC2)cc1. The molecule has 0 radical (unpaired) electrons. The van der Waals surface area contributed by atoms with Gasteiger partial charge in [-0.25, -0.2) is 0 Å². The minimum Gasteiger partial charge on any atom is -0.350 e. The van der Waals surface area contributed by atoms with Crippen LogP contribution in [0.4, 0.5) is 0 Å². The smallest absolute Gasteiger partial charge is 0.251 e. The number of amides is 2. The molecule has 0 spiro atoms. The Morgan fingerprint density at radius 1 is 1.00 bits per heavy atom. The fraction of sp³-hybridized carbons (Fsp3) is 0.579. The maximum absolute atomic E-state index is 12.3. The summed E-state index contributed by atoms with van der Waals surface area (Å²) in [5.74, 6) is -0.124. The highest BCUT2D eigenvalue weighted by Crippen LogP contribution is 2.17. The van der Waals surface area contributed by atoms with Crippen LogP contribution in [0.5, 0.6) is 0 Å². The Bertz CT molecular complexity index is 517. The van der Waals surface area contributed by atoms with E-state index in [-0.39, 0.29) is 17.9 Å². The topological polar surface area (TPSA) is 58.2 Å².